The maximum Gasteiger partial charge on any atom is 0.344 e. The van der Waals surface area contributed by atoms with E-state index in [1.54, 1.807) is 25.1 Å². The normalized spacial score (nSPS) is 10.2. The van der Waals surface area contributed by atoms with Crippen LogP contribution in [0, 0.1) is 5.82 Å². The molecule has 0 aliphatic rings. The predicted octanol–water partition coefficient (Wildman–Crippen LogP) is 2.56. The van der Waals surface area contributed by atoms with Crippen molar-refractivity contribution >= 4 is 11.7 Å². The summed E-state index contributed by atoms with van der Waals surface area (Å²) >= 11 is 0. The van der Waals surface area contributed by atoms with Gasteiger partial charge in [0.1, 0.15) is 23.7 Å². The van der Waals surface area contributed by atoms with Gasteiger partial charge in [-0.25, -0.2) is 9.18 Å². The van der Waals surface area contributed by atoms with E-state index in [-0.39, 0.29) is 17.9 Å². The van der Waals surface area contributed by atoms with E-state index in [1.807, 2.05) is 0 Å². The number of aromatic nitrogens is 1. The van der Waals surface area contributed by atoms with Crippen molar-refractivity contribution in [3.05, 3.63) is 53.6 Å². The number of esters is 1. The van der Waals surface area contributed by atoms with Crippen molar-refractivity contribution < 1.29 is 18.7 Å². The highest BCUT2D eigenvalue weighted by molar-refractivity contribution is 5.98. The Kier molecular flexibility index (Phi) is 4.71. The second kappa shape index (κ2) is 6.69. The zero-order valence-electron chi connectivity index (χ0n) is 11.5. The maximum atomic E-state index is 13.0. The predicted molar refractivity (Wildman–Crippen MR) is 75.3 cm³/mol. The van der Waals surface area contributed by atoms with Gasteiger partial charge in [0.2, 0.25) is 0 Å². The monoisotopic (exact) mass is 290 g/mol. The molecule has 110 valence electrons. The summed E-state index contributed by atoms with van der Waals surface area (Å²) in [5, 5.41) is 0. The van der Waals surface area contributed by atoms with Crippen molar-refractivity contribution in [2.45, 2.75) is 13.5 Å². The Hall–Kier alpha value is -2.63. The molecule has 0 amide bonds. The summed E-state index contributed by atoms with van der Waals surface area (Å²) in [4.78, 5) is 15.8. The van der Waals surface area contributed by atoms with Gasteiger partial charge in [-0.3, -0.25) is 4.98 Å². The first-order chi connectivity index (χ1) is 10.1. The van der Waals surface area contributed by atoms with Crippen LogP contribution in [0.5, 0.6) is 5.75 Å². The fourth-order valence-corrected chi connectivity index (χ4v) is 1.80. The standard InChI is InChI=1S/C15H15FN2O3/c1-2-20-13-5-3-4-12(17)14(13)15(19)21-9-10-6-11(16)8-18-7-10/h3-8H,2,9,17H2,1H3. The highest BCUT2D eigenvalue weighted by Crippen LogP contribution is 2.25. The van der Waals surface area contributed by atoms with Crippen molar-refractivity contribution in [1.82, 2.24) is 4.98 Å². The summed E-state index contributed by atoms with van der Waals surface area (Å²) in [6.07, 6.45) is 2.50. The number of carbonyl (C=O) groups excluding carboxylic acids is 1. The molecule has 5 nitrogen and oxygen atoms in total. The second-order valence-electron chi connectivity index (χ2n) is 4.24. The lowest BCUT2D eigenvalue weighted by atomic mass is 10.1. The molecule has 0 unspecified atom stereocenters. The van der Waals surface area contributed by atoms with E-state index in [9.17, 15) is 9.18 Å². The molecule has 0 radical (unpaired) electrons. The van der Waals surface area contributed by atoms with Gasteiger partial charge in [0, 0.05) is 17.4 Å². The third kappa shape index (κ3) is 3.68. The lowest BCUT2D eigenvalue weighted by molar-refractivity contribution is 0.0469. The largest absolute Gasteiger partial charge is 0.493 e. The molecule has 21 heavy (non-hydrogen) atoms. The zero-order valence-corrected chi connectivity index (χ0v) is 11.5. The Labute approximate surface area is 121 Å². The van der Waals surface area contributed by atoms with Crippen LogP contribution < -0.4 is 10.5 Å². The highest BCUT2D eigenvalue weighted by Gasteiger charge is 2.17. The minimum absolute atomic E-state index is 0.0938. The smallest absolute Gasteiger partial charge is 0.344 e. The molecule has 0 saturated carbocycles. The quantitative estimate of drug-likeness (QED) is 0.676. The maximum absolute atomic E-state index is 13.0. The van der Waals surface area contributed by atoms with Crippen molar-refractivity contribution in [2.24, 2.45) is 0 Å². The number of pyridine rings is 1. The topological polar surface area (TPSA) is 74.4 Å². The lowest BCUT2D eigenvalue weighted by Gasteiger charge is -2.12. The Morgan fingerprint density at radius 2 is 2.19 bits per heavy atom. The van der Waals surface area contributed by atoms with E-state index < -0.39 is 11.8 Å². The van der Waals surface area contributed by atoms with Gasteiger partial charge in [0.15, 0.2) is 0 Å². The molecule has 1 heterocycles. The zero-order chi connectivity index (χ0) is 15.2. The summed E-state index contributed by atoms with van der Waals surface area (Å²) in [5.41, 5.74) is 6.68. The first-order valence-electron chi connectivity index (χ1n) is 6.39. The van der Waals surface area contributed by atoms with Crippen molar-refractivity contribution in [2.75, 3.05) is 12.3 Å². The molecule has 1 aromatic carbocycles. The number of hydrogen-bond donors (Lipinski definition) is 1. The van der Waals surface area contributed by atoms with Gasteiger partial charge in [-0.05, 0) is 25.1 Å². The third-order valence-electron chi connectivity index (χ3n) is 2.69. The van der Waals surface area contributed by atoms with Crippen LogP contribution >= 0.6 is 0 Å². The van der Waals surface area contributed by atoms with Gasteiger partial charge < -0.3 is 15.2 Å². The molecule has 0 bridgehead atoms. The van der Waals surface area contributed by atoms with Crippen LogP contribution in [0.15, 0.2) is 36.7 Å². The molecule has 0 aliphatic heterocycles. The third-order valence-corrected chi connectivity index (χ3v) is 2.69. The molecule has 0 saturated heterocycles. The Morgan fingerprint density at radius 1 is 1.38 bits per heavy atom. The molecular weight excluding hydrogens is 275 g/mol. The van der Waals surface area contributed by atoms with E-state index in [0.717, 1.165) is 6.20 Å². The number of anilines is 1. The minimum atomic E-state index is -0.624. The number of benzene rings is 1. The van der Waals surface area contributed by atoms with Gasteiger partial charge in [-0.2, -0.15) is 0 Å². The van der Waals surface area contributed by atoms with Crippen molar-refractivity contribution in [3.8, 4) is 5.75 Å². The van der Waals surface area contributed by atoms with Crippen LogP contribution in [0.1, 0.15) is 22.8 Å². The van der Waals surface area contributed by atoms with Crippen LogP contribution in [0.2, 0.25) is 0 Å². The SMILES string of the molecule is CCOc1cccc(N)c1C(=O)OCc1cncc(F)c1. The molecule has 6 heteroatoms. The average Bonchev–Trinajstić information content (AvgIpc) is 2.45. The van der Waals surface area contributed by atoms with Gasteiger partial charge in [0.05, 0.1) is 12.8 Å². The van der Waals surface area contributed by atoms with Gasteiger partial charge >= 0.3 is 5.97 Å². The lowest BCUT2D eigenvalue weighted by Crippen LogP contribution is -2.11. The van der Waals surface area contributed by atoms with E-state index in [2.05, 4.69) is 4.98 Å². The number of nitrogens with zero attached hydrogens (tertiary/aromatic N) is 1. The van der Waals surface area contributed by atoms with E-state index in [1.165, 1.54) is 12.3 Å². The van der Waals surface area contributed by atoms with Crippen molar-refractivity contribution in [1.29, 1.82) is 0 Å². The molecule has 0 atom stereocenters. The molecule has 2 aromatic rings. The first-order valence-corrected chi connectivity index (χ1v) is 6.39. The number of nitrogens with two attached hydrogens (primary N) is 1. The number of rotatable bonds is 5. The summed E-state index contributed by atoms with van der Waals surface area (Å²) in [5.74, 6) is -0.751. The molecule has 2 rings (SSSR count). The van der Waals surface area contributed by atoms with Gasteiger partial charge in [-0.15, -0.1) is 0 Å². The van der Waals surface area contributed by atoms with Gasteiger partial charge in [-0.1, -0.05) is 6.07 Å². The number of ether oxygens (including phenoxy) is 2. The molecule has 1 aromatic heterocycles. The molecular formula is C15H15FN2O3. The van der Waals surface area contributed by atoms with E-state index in [4.69, 9.17) is 15.2 Å². The fourth-order valence-electron chi connectivity index (χ4n) is 1.80. The van der Waals surface area contributed by atoms with E-state index in [0.29, 0.717) is 17.9 Å². The van der Waals surface area contributed by atoms with Gasteiger partial charge in [0.25, 0.3) is 0 Å². The van der Waals surface area contributed by atoms with Crippen LogP contribution in [-0.2, 0) is 11.3 Å². The Bertz CT molecular complexity index is 647. The minimum Gasteiger partial charge on any atom is -0.493 e. The van der Waals surface area contributed by atoms with Crippen LogP contribution in [0.25, 0.3) is 0 Å². The average molecular weight is 290 g/mol. The Morgan fingerprint density at radius 3 is 2.90 bits per heavy atom. The molecule has 2 N–H and O–H groups in total. The molecule has 0 spiro atoms. The van der Waals surface area contributed by atoms with Crippen LogP contribution in [0.4, 0.5) is 10.1 Å². The Balaban J connectivity index is 2.13. The summed E-state index contributed by atoms with van der Waals surface area (Å²) in [6, 6.07) is 6.16. The summed E-state index contributed by atoms with van der Waals surface area (Å²) in [6.45, 7) is 2.11. The number of carbonyl (C=O) groups is 1. The first kappa shape index (κ1) is 14.8. The molecule has 0 fully saturated rings. The summed E-state index contributed by atoms with van der Waals surface area (Å²) < 4.78 is 23.5. The highest BCUT2D eigenvalue weighted by atomic mass is 19.1. The van der Waals surface area contributed by atoms with Crippen LogP contribution in [-0.4, -0.2) is 17.6 Å². The fraction of sp³-hybridized carbons (Fsp3) is 0.200. The van der Waals surface area contributed by atoms with E-state index >= 15 is 0 Å². The molecule has 0 aliphatic carbocycles. The van der Waals surface area contributed by atoms with Crippen molar-refractivity contribution in [3.63, 3.8) is 0 Å². The number of nitrogen functional groups attached to an aromatic ring is 1. The number of halogens is 1. The second-order valence-corrected chi connectivity index (χ2v) is 4.24. The summed E-state index contributed by atoms with van der Waals surface area (Å²) in [7, 11) is 0. The van der Waals surface area contributed by atoms with Crippen LogP contribution in [0.3, 0.4) is 0 Å². The number of hydrogen-bond acceptors (Lipinski definition) is 5.